The standard InChI is InChI=1S/C21H25N3O3/c1-16-6-3-4-7-19(16)15-22-10-5-11-23(13-12-22)21(25)18-9-8-17(2)20(14-18)24(26)27/h3-4,6-9,14H,5,10-13,15H2,1-2H3. The molecule has 6 heteroatoms. The molecule has 0 aromatic heterocycles. The minimum Gasteiger partial charge on any atom is -0.337 e. The summed E-state index contributed by atoms with van der Waals surface area (Å²) in [6.45, 7) is 7.72. The molecule has 0 aliphatic carbocycles. The lowest BCUT2D eigenvalue weighted by molar-refractivity contribution is -0.385. The SMILES string of the molecule is Cc1ccccc1CN1CCCN(C(=O)c2ccc(C)c([N+](=O)[O-])c2)CC1. The van der Waals surface area contributed by atoms with Gasteiger partial charge in [0.05, 0.1) is 4.92 Å². The molecule has 3 rings (SSSR count). The summed E-state index contributed by atoms with van der Waals surface area (Å²) < 4.78 is 0. The lowest BCUT2D eigenvalue weighted by atomic mass is 10.1. The third kappa shape index (κ3) is 4.52. The van der Waals surface area contributed by atoms with Gasteiger partial charge in [0, 0.05) is 49.9 Å². The van der Waals surface area contributed by atoms with Crippen molar-refractivity contribution in [1.29, 1.82) is 0 Å². The van der Waals surface area contributed by atoms with E-state index < -0.39 is 4.92 Å². The minimum atomic E-state index is -0.432. The third-order valence-corrected chi connectivity index (χ3v) is 5.18. The van der Waals surface area contributed by atoms with Crippen molar-refractivity contribution in [3.05, 3.63) is 74.8 Å². The van der Waals surface area contributed by atoms with Gasteiger partial charge in [0.1, 0.15) is 0 Å². The molecule has 0 unspecified atom stereocenters. The fourth-order valence-electron chi connectivity index (χ4n) is 3.48. The van der Waals surface area contributed by atoms with Gasteiger partial charge in [-0.1, -0.05) is 30.3 Å². The van der Waals surface area contributed by atoms with Crippen LogP contribution in [0.5, 0.6) is 0 Å². The number of rotatable bonds is 4. The average molecular weight is 367 g/mol. The van der Waals surface area contributed by atoms with Gasteiger partial charge in [0.25, 0.3) is 11.6 Å². The van der Waals surface area contributed by atoms with Gasteiger partial charge in [0.2, 0.25) is 0 Å². The largest absolute Gasteiger partial charge is 0.337 e. The summed E-state index contributed by atoms with van der Waals surface area (Å²) in [6, 6.07) is 13.1. The molecule has 1 aliphatic heterocycles. The van der Waals surface area contributed by atoms with Crippen molar-refractivity contribution < 1.29 is 9.72 Å². The van der Waals surface area contributed by atoms with Crippen LogP contribution in [-0.4, -0.2) is 46.8 Å². The van der Waals surface area contributed by atoms with Gasteiger partial charge in [-0.2, -0.15) is 0 Å². The maximum absolute atomic E-state index is 12.8. The highest BCUT2D eigenvalue weighted by atomic mass is 16.6. The van der Waals surface area contributed by atoms with Gasteiger partial charge in [0.15, 0.2) is 0 Å². The topological polar surface area (TPSA) is 66.7 Å². The van der Waals surface area contributed by atoms with Crippen LogP contribution >= 0.6 is 0 Å². The number of amides is 1. The van der Waals surface area contributed by atoms with Crippen molar-refractivity contribution in [2.75, 3.05) is 26.2 Å². The number of nitro benzene ring substituents is 1. The number of nitro groups is 1. The number of aryl methyl sites for hydroxylation is 2. The zero-order chi connectivity index (χ0) is 19.4. The van der Waals surface area contributed by atoms with Gasteiger partial charge in [-0.05, 0) is 37.5 Å². The number of nitrogens with zero attached hydrogens (tertiary/aromatic N) is 3. The Kier molecular flexibility index (Phi) is 5.86. The summed E-state index contributed by atoms with van der Waals surface area (Å²) in [7, 11) is 0. The smallest absolute Gasteiger partial charge is 0.273 e. The molecule has 0 radical (unpaired) electrons. The maximum atomic E-state index is 12.8. The molecule has 0 N–H and O–H groups in total. The normalized spacial score (nSPS) is 15.4. The van der Waals surface area contributed by atoms with E-state index in [0.717, 1.165) is 26.1 Å². The first-order chi connectivity index (χ1) is 13.0. The molecule has 2 aromatic carbocycles. The van der Waals surface area contributed by atoms with E-state index in [9.17, 15) is 14.9 Å². The van der Waals surface area contributed by atoms with Gasteiger partial charge in [-0.15, -0.1) is 0 Å². The van der Waals surface area contributed by atoms with Crippen LogP contribution < -0.4 is 0 Å². The molecule has 27 heavy (non-hydrogen) atoms. The minimum absolute atomic E-state index is 0.00292. The Hall–Kier alpha value is -2.73. The first kappa shape index (κ1) is 19.0. The van der Waals surface area contributed by atoms with E-state index >= 15 is 0 Å². The predicted octanol–water partition coefficient (Wildman–Crippen LogP) is 3.56. The number of hydrogen-bond donors (Lipinski definition) is 0. The van der Waals surface area contributed by atoms with Crippen LogP contribution in [0.1, 0.15) is 33.5 Å². The van der Waals surface area contributed by atoms with E-state index in [-0.39, 0.29) is 11.6 Å². The van der Waals surface area contributed by atoms with Crippen LogP contribution in [0.2, 0.25) is 0 Å². The molecule has 1 fully saturated rings. The van der Waals surface area contributed by atoms with E-state index in [1.807, 2.05) is 11.0 Å². The fraction of sp³-hybridized carbons (Fsp3) is 0.381. The van der Waals surface area contributed by atoms with Crippen molar-refractivity contribution in [2.45, 2.75) is 26.8 Å². The Bertz CT molecular complexity index is 850. The van der Waals surface area contributed by atoms with Crippen LogP contribution in [0.25, 0.3) is 0 Å². The maximum Gasteiger partial charge on any atom is 0.273 e. The molecule has 0 bridgehead atoms. The molecule has 2 aromatic rings. The van der Waals surface area contributed by atoms with Crippen LogP contribution in [0.3, 0.4) is 0 Å². The van der Waals surface area contributed by atoms with Crippen LogP contribution in [0, 0.1) is 24.0 Å². The first-order valence-electron chi connectivity index (χ1n) is 9.27. The number of benzene rings is 2. The molecule has 1 saturated heterocycles. The Labute approximate surface area is 159 Å². The summed E-state index contributed by atoms with van der Waals surface area (Å²) in [5.74, 6) is -0.129. The lowest BCUT2D eigenvalue weighted by Gasteiger charge is -2.22. The predicted molar refractivity (Wildman–Crippen MR) is 105 cm³/mol. The van der Waals surface area contributed by atoms with E-state index in [2.05, 4.69) is 30.0 Å². The lowest BCUT2D eigenvalue weighted by Crippen LogP contribution is -2.35. The van der Waals surface area contributed by atoms with Crippen molar-refractivity contribution in [1.82, 2.24) is 9.80 Å². The summed E-state index contributed by atoms with van der Waals surface area (Å²) in [4.78, 5) is 27.7. The van der Waals surface area contributed by atoms with Crippen molar-refractivity contribution in [3.8, 4) is 0 Å². The van der Waals surface area contributed by atoms with Crippen LogP contribution in [0.15, 0.2) is 42.5 Å². The average Bonchev–Trinajstić information content (AvgIpc) is 2.89. The third-order valence-electron chi connectivity index (χ3n) is 5.18. The van der Waals surface area contributed by atoms with Crippen molar-refractivity contribution >= 4 is 11.6 Å². The summed E-state index contributed by atoms with van der Waals surface area (Å²) in [5, 5.41) is 11.1. The van der Waals surface area contributed by atoms with E-state index in [1.54, 1.807) is 19.1 Å². The summed E-state index contributed by atoms with van der Waals surface area (Å²) in [5.41, 5.74) is 3.54. The van der Waals surface area contributed by atoms with Crippen molar-refractivity contribution in [2.24, 2.45) is 0 Å². The van der Waals surface area contributed by atoms with Crippen LogP contribution in [0.4, 0.5) is 5.69 Å². The van der Waals surface area contributed by atoms with E-state index in [1.165, 1.54) is 17.2 Å². The molecular weight excluding hydrogens is 342 g/mol. The summed E-state index contributed by atoms with van der Waals surface area (Å²) in [6.07, 6.45) is 0.894. The molecule has 142 valence electrons. The highest BCUT2D eigenvalue weighted by molar-refractivity contribution is 5.95. The van der Waals surface area contributed by atoms with E-state index in [4.69, 9.17) is 0 Å². The molecule has 0 atom stereocenters. The second-order valence-electron chi connectivity index (χ2n) is 7.11. The molecule has 0 saturated carbocycles. The number of hydrogen-bond acceptors (Lipinski definition) is 4. The summed E-state index contributed by atoms with van der Waals surface area (Å²) >= 11 is 0. The second kappa shape index (κ2) is 8.31. The highest BCUT2D eigenvalue weighted by Gasteiger charge is 2.22. The molecule has 0 spiro atoms. The zero-order valence-electron chi connectivity index (χ0n) is 15.9. The monoisotopic (exact) mass is 367 g/mol. The Balaban J connectivity index is 1.67. The van der Waals surface area contributed by atoms with E-state index in [0.29, 0.717) is 24.2 Å². The van der Waals surface area contributed by atoms with Gasteiger partial charge >= 0.3 is 0 Å². The van der Waals surface area contributed by atoms with Gasteiger partial charge in [-0.3, -0.25) is 19.8 Å². The fourth-order valence-corrected chi connectivity index (χ4v) is 3.48. The zero-order valence-corrected chi connectivity index (χ0v) is 15.9. The molecular formula is C21H25N3O3. The second-order valence-corrected chi connectivity index (χ2v) is 7.11. The number of carbonyl (C=O) groups excluding carboxylic acids is 1. The quantitative estimate of drug-likeness (QED) is 0.612. The van der Waals surface area contributed by atoms with Crippen LogP contribution in [-0.2, 0) is 6.54 Å². The molecule has 1 heterocycles. The first-order valence-corrected chi connectivity index (χ1v) is 9.27. The Morgan fingerprint density at radius 2 is 1.81 bits per heavy atom. The Morgan fingerprint density at radius 3 is 2.56 bits per heavy atom. The number of carbonyl (C=O) groups is 1. The molecule has 1 amide bonds. The molecule has 6 nitrogen and oxygen atoms in total. The van der Waals surface area contributed by atoms with Gasteiger partial charge < -0.3 is 4.90 Å². The Morgan fingerprint density at radius 1 is 1.04 bits per heavy atom. The highest BCUT2D eigenvalue weighted by Crippen LogP contribution is 2.21. The molecule has 1 aliphatic rings. The van der Waals surface area contributed by atoms with Gasteiger partial charge in [-0.25, -0.2) is 0 Å². The van der Waals surface area contributed by atoms with Crippen molar-refractivity contribution in [3.63, 3.8) is 0 Å².